The van der Waals surface area contributed by atoms with Crippen molar-refractivity contribution in [3.05, 3.63) is 18.0 Å². The fraction of sp³-hybridized carbons (Fsp3) is 0.722. The molecule has 2 saturated heterocycles. The second-order valence-corrected chi connectivity index (χ2v) is 7.94. The van der Waals surface area contributed by atoms with Crippen LogP contribution in [0.5, 0.6) is 0 Å². The Balaban J connectivity index is 1.96. The summed E-state index contributed by atoms with van der Waals surface area (Å²) in [6.45, 7) is 17.2. The zero-order chi connectivity index (χ0) is 16.8. The molecule has 0 unspecified atom stereocenters. The van der Waals surface area contributed by atoms with Gasteiger partial charge in [-0.2, -0.15) is 0 Å². The Morgan fingerprint density at radius 2 is 1.83 bits per heavy atom. The molecular weight excluding hydrogens is 288 g/mol. The van der Waals surface area contributed by atoms with Gasteiger partial charge >= 0.3 is 0 Å². The van der Waals surface area contributed by atoms with Gasteiger partial charge in [-0.3, -0.25) is 9.82 Å². The van der Waals surface area contributed by atoms with Crippen molar-refractivity contribution >= 4 is 11.4 Å². The maximum absolute atomic E-state index is 6.12. The smallest absolute Gasteiger partial charge is 0.116 e. The minimum Gasteiger partial charge on any atom is -0.368 e. The van der Waals surface area contributed by atoms with E-state index in [0.717, 1.165) is 37.6 Å². The van der Waals surface area contributed by atoms with Gasteiger partial charge in [0.05, 0.1) is 28.8 Å². The molecule has 5 heteroatoms. The quantitative estimate of drug-likeness (QED) is 0.928. The third kappa shape index (κ3) is 2.70. The molecule has 1 N–H and O–H groups in total. The average molecular weight is 318 g/mol. The first-order chi connectivity index (χ1) is 10.7. The summed E-state index contributed by atoms with van der Waals surface area (Å²) in [6.07, 6.45) is 2.02. The van der Waals surface area contributed by atoms with Crippen LogP contribution in [0.25, 0.3) is 0 Å². The summed E-state index contributed by atoms with van der Waals surface area (Å²) in [7, 11) is 0. The first kappa shape index (κ1) is 16.5. The van der Waals surface area contributed by atoms with Crippen molar-refractivity contribution in [1.29, 1.82) is 0 Å². The van der Waals surface area contributed by atoms with Gasteiger partial charge in [-0.15, -0.1) is 0 Å². The highest BCUT2D eigenvalue weighted by atomic mass is 16.7. The Hall–Kier alpha value is -1.33. The number of anilines is 2. The summed E-state index contributed by atoms with van der Waals surface area (Å²) >= 11 is 0. The molecule has 1 aromatic rings. The predicted octanol–water partition coefficient (Wildman–Crippen LogP) is 2.92. The standard InChI is InChI=1S/C18H30N4O/c1-13(2)16-15(22-17(3,4)18(5,6)23-22)11-14(12-20-16)21-9-7-19-8-10-21/h11-13,19H,7-10H2,1-6H3. The number of rotatable bonds is 3. The molecular formula is C18H30N4O. The molecule has 0 aliphatic carbocycles. The number of aromatic nitrogens is 1. The summed E-state index contributed by atoms with van der Waals surface area (Å²) in [6, 6.07) is 2.25. The number of piperazine rings is 1. The van der Waals surface area contributed by atoms with Crippen molar-refractivity contribution in [3.63, 3.8) is 0 Å². The van der Waals surface area contributed by atoms with Gasteiger partial charge in [0.1, 0.15) is 5.60 Å². The van der Waals surface area contributed by atoms with E-state index in [-0.39, 0.29) is 11.1 Å². The number of nitrogens with zero attached hydrogens (tertiary/aromatic N) is 3. The molecule has 5 nitrogen and oxygen atoms in total. The van der Waals surface area contributed by atoms with Crippen molar-refractivity contribution in [2.75, 3.05) is 36.1 Å². The Labute approximate surface area is 140 Å². The molecule has 0 spiro atoms. The van der Waals surface area contributed by atoms with Crippen molar-refractivity contribution in [2.24, 2.45) is 0 Å². The second kappa shape index (κ2) is 5.64. The molecule has 0 radical (unpaired) electrons. The number of hydrogen-bond donors (Lipinski definition) is 1. The SMILES string of the molecule is CC(C)c1ncc(N2CCNCC2)cc1N1OC(C)(C)C1(C)C. The van der Waals surface area contributed by atoms with Gasteiger partial charge in [0, 0.05) is 26.2 Å². The van der Waals surface area contributed by atoms with Crippen molar-refractivity contribution in [1.82, 2.24) is 10.3 Å². The molecule has 0 saturated carbocycles. The van der Waals surface area contributed by atoms with Crippen LogP contribution >= 0.6 is 0 Å². The third-order valence-electron chi connectivity index (χ3n) is 5.43. The van der Waals surface area contributed by atoms with E-state index in [1.807, 2.05) is 6.20 Å². The van der Waals surface area contributed by atoms with Crippen LogP contribution in [-0.2, 0) is 4.84 Å². The number of pyridine rings is 1. The molecule has 1 aromatic heterocycles. The van der Waals surface area contributed by atoms with Gasteiger partial charge in [-0.05, 0) is 39.7 Å². The maximum atomic E-state index is 6.12. The molecule has 2 aliphatic rings. The largest absolute Gasteiger partial charge is 0.368 e. The van der Waals surface area contributed by atoms with Crippen LogP contribution in [0.2, 0.25) is 0 Å². The van der Waals surface area contributed by atoms with Gasteiger partial charge < -0.3 is 10.2 Å². The predicted molar refractivity (Wildman–Crippen MR) is 95.1 cm³/mol. The monoisotopic (exact) mass is 318 g/mol. The van der Waals surface area contributed by atoms with E-state index < -0.39 is 0 Å². The van der Waals surface area contributed by atoms with Gasteiger partial charge in [0.25, 0.3) is 0 Å². The fourth-order valence-corrected chi connectivity index (χ4v) is 3.17. The molecule has 23 heavy (non-hydrogen) atoms. The average Bonchev–Trinajstić information content (AvgIpc) is 2.53. The Kier molecular flexibility index (Phi) is 4.05. The van der Waals surface area contributed by atoms with Crippen LogP contribution < -0.4 is 15.3 Å². The molecule has 3 heterocycles. The van der Waals surface area contributed by atoms with E-state index in [2.05, 4.69) is 62.9 Å². The lowest BCUT2D eigenvalue weighted by Gasteiger charge is -2.60. The molecule has 0 amide bonds. The second-order valence-electron chi connectivity index (χ2n) is 7.94. The molecule has 0 aromatic carbocycles. The zero-order valence-corrected chi connectivity index (χ0v) is 15.3. The maximum Gasteiger partial charge on any atom is 0.116 e. The molecule has 128 valence electrons. The minimum absolute atomic E-state index is 0.0552. The highest BCUT2D eigenvalue weighted by Crippen LogP contribution is 2.47. The zero-order valence-electron chi connectivity index (χ0n) is 15.3. The summed E-state index contributed by atoms with van der Waals surface area (Å²) in [4.78, 5) is 13.3. The van der Waals surface area contributed by atoms with Crippen LogP contribution in [0.3, 0.4) is 0 Å². The number of nitrogens with one attached hydrogen (secondary N) is 1. The Morgan fingerprint density at radius 1 is 1.17 bits per heavy atom. The van der Waals surface area contributed by atoms with Crippen LogP contribution in [0, 0.1) is 0 Å². The van der Waals surface area contributed by atoms with Crippen LogP contribution in [-0.4, -0.2) is 42.3 Å². The Morgan fingerprint density at radius 3 is 2.35 bits per heavy atom. The fourth-order valence-electron chi connectivity index (χ4n) is 3.17. The minimum atomic E-state index is -0.160. The van der Waals surface area contributed by atoms with Gasteiger partial charge in [0.2, 0.25) is 0 Å². The van der Waals surface area contributed by atoms with E-state index >= 15 is 0 Å². The summed E-state index contributed by atoms with van der Waals surface area (Å²) < 4.78 is 0. The van der Waals surface area contributed by atoms with E-state index in [1.165, 1.54) is 5.69 Å². The van der Waals surface area contributed by atoms with Crippen molar-refractivity contribution in [2.45, 2.75) is 58.6 Å². The molecule has 2 aliphatic heterocycles. The molecule has 3 rings (SSSR count). The first-order valence-electron chi connectivity index (χ1n) is 8.69. The lowest BCUT2D eigenvalue weighted by Crippen LogP contribution is -2.72. The molecule has 0 atom stereocenters. The van der Waals surface area contributed by atoms with Crippen LogP contribution in [0.1, 0.15) is 53.2 Å². The van der Waals surface area contributed by atoms with E-state index in [4.69, 9.17) is 9.82 Å². The third-order valence-corrected chi connectivity index (χ3v) is 5.43. The van der Waals surface area contributed by atoms with Crippen LogP contribution in [0.15, 0.2) is 12.3 Å². The van der Waals surface area contributed by atoms with Crippen LogP contribution in [0.4, 0.5) is 11.4 Å². The highest BCUT2D eigenvalue weighted by molar-refractivity contribution is 5.63. The first-order valence-corrected chi connectivity index (χ1v) is 8.69. The van der Waals surface area contributed by atoms with Gasteiger partial charge in [-0.25, -0.2) is 5.06 Å². The van der Waals surface area contributed by atoms with E-state index in [9.17, 15) is 0 Å². The molecule has 2 fully saturated rings. The van der Waals surface area contributed by atoms with E-state index in [1.54, 1.807) is 0 Å². The summed E-state index contributed by atoms with van der Waals surface area (Å²) in [5.41, 5.74) is 3.19. The lowest BCUT2D eigenvalue weighted by atomic mass is 9.81. The summed E-state index contributed by atoms with van der Waals surface area (Å²) in [5.74, 6) is 0.366. The summed E-state index contributed by atoms with van der Waals surface area (Å²) in [5, 5.41) is 5.46. The lowest BCUT2D eigenvalue weighted by molar-refractivity contribution is -0.208. The Bertz CT molecular complexity index is 576. The van der Waals surface area contributed by atoms with Crippen molar-refractivity contribution < 1.29 is 4.84 Å². The van der Waals surface area contributed by atoms with Gasteiger partial charge in [-0.1, -0.05) is 13.8 Å². The normalized spacial score (nSPS) is 23.1. The van der Waals surface area contributed by atoms with Crippen molar-refractivity contribution in [3.8, 4) is 0 Å². The van der Waals surface area contributed by atoms with E-state index in [0.29, 0.717) is 5.92 Å². The highest BCUT2D eigenvalue weighted by Gasteiger charge is 2.56. The van der Waals surface area contributed by atoms with Gasteiger partial charge in [0.15, 0.2) is 0 Å². The topological polar surface area (TPSA) is 40.6 Å². The number of hydroxylamine groups is 1. The molecule has 0 bridgehead atoms. The number of hydrogen-bond acceptors (Lipinski definition) is 5.